The van der Waals surface area contributed by atoms with E-state index in [1.807, 2.05) is 33.9 Å². The number of furan rings is 1. The minimum absolute atomic E-state index is 0.00120. The van der Waals surface area contributed by atoms with Gasteiger partial charge in [0.2, 0.25) is 5.91 Å². The molecule has 90 valence electrons. The standard InChI is InChI=1S/C12H20N2O2/c1-8(2)10(7-13-4)12(15)14-11-6-5-9(3)16-11/h5-6,8,10,13H,7H2,1-4H3,(H,14,15). The molecule has 0 saturated heterocycles. The highest BCUT2D eigenvalue weighted by molar-refractivity contribution is 5.91. The van der Waals surface area contributed by atoms with Crippen LogP contribution in [0.1, 0.15) is 19.6 Å². The van der Waals surface area contributed by atoms with Crippen molar-refractivity contribution in [1.29, 1.82) is 0 Å². The summed E-state index contributed by atoms with van der Waals surface area (Å²) in [5.41, 5.74) is 0. The Labute approximate surface area is 96.4 Å². The zero-order chi connectivity index (χ0) is 12.1. The molecule has 0 spiro atoms. The van der Waals surface area contributed by atoms with E-state index in [0.717, 1.165) is 5.76 Å². The van der Waals surface area contributed by atoms with Crippen LogP contribution < -0.4 is 10.6 Å². The predicted octanol–water partition coefficient (Wildman–Crippen LogP) is 2.02. The molecule has 1 aromatic rings. The van der Waals surface area contributed by atoms with Gasteiger partial charge in [0.15, 0.2) is 5.88 Å². The molecule has 0 aromatic carbocycles. The summed E-state index contributed by atoms with van der Waals surface area (Å²) in [6.07, 6.45) is 0. The number of carbonyl (C=O) groups is 1. The lowest BCUT2D eigenvalue weighted by molar-refractivity contribution is -0.121. The van der Waals surface area contributed by atoms with Crippen LogP contribution in [0.15, 0.2) is 16.5 Å². The number of rotatable bonds is 5. The molecule has 0 aliphatic rings. The molecule has 1 aromatic heterocycles. The first-order chi connectivity index (χ1) is 7.54. The third kappa shape index (κ3) is 3.38. The van der Waals surface area contributed by atoms with Crippen LogP contribution in [0.25, 0.3) is 0 Å². The molecule has 1 rings (SSSR count). The number of nitrogens with one attached hydrogen (secondary N) is 2. The summed E-state index contributed by atoms with van der Waals surface area (Å²) in [5.74, 6) is 1.56. The van der Waals surface area contributed by atoms with Gasteiger partial charge in [-0.1, -0.05) is 13.8 Å². The Morgan fingerprint density at radius 1 is 1.44 bits per heavy atom. The van der Waals surface area contributed by atoms with Crippen LogP contribution in [0.5, 0.6) is 0 Å². The summed E-state index contributed by atoms with van der Waals surface area (Å²) in [5, 5.41) is 5.81. The molecule has 0 radical (unpaired) electrons. The average Bonchev–Trinajstić information content (AvgIpc) is 2.59. The van der Waals surface area contributed by atoms with Gasteiger partial charge in [0, 0.05) is 12.6 Å². The van der Waals surface area contributed by atoms with Crippen molar-refractivity contribution < 1.29 is 9.21 Å². The molecule has 4 nitrogen and oxygen atoms in total. The van der Waals surface area contributed by atoms with E-state index >= 15 is 0 Å². The van der Waals surface area contributed by atoms with Crippen molar-refractivity contribution in [3.8, 4) is 0 Å². The van der Waals surface area contributed by atoms with E-state index in [2.05, 4.69) is 10.6 Å². The van der Waals surface area contributed by atoms with Crippen molar-refractivity contribution in [2.45, 2.75) is 20.8 Å². The summed E-state index contributed by atoms with van der Waals surface area (Å²) in [6, 6.07) is 3.60. The third-order valence-corrected chi connectivity index (χ3v) is 2.55. The zero-order valence-corrected chi connectivity index (χ0v) is 10.3. The Morgan fingerprint density at radius 3 is 2.56 bits per heavy atom. The molecule has 2 N–H and O–H groups in total. The van der Waals surface area contributed by atoms with Crippen molar-refractivity contribution in [1.82, 2.24) is 5.32 Å². The SMILES string of the molecule is CNCC(C(=O)Nc1ccc(C)o1)C(C)C. The van der Waals surface area contributed by atoms with Crippen LogP contribution in [-0.4, -0.2) is 19.5 Å². The third-order valence-electron chi connectivity index (χ3n) is 2.55. The topological polar surface area (TPSA) is 54.3 Å². The summed E-state index contributed by atoms with van der Waals surface area (Å²) in [4.78, 5) is 11.9. The normalized spacial score (nSPS) is 12.8. The first-order valence-electron chi connectivity index (χ1n) is 5.56. The molecule has 1 heterocycles. The quantitative estimate of drug-likeness (QED) is 0.804. The van der Waals surface area contributed by atoms with Crippen molar-refractivity contribution in [3.05, 3.63) is 17.9 Å². The minimum atomic E-state index is -0.0459. The molecule has 0 aliphatic heterocycles. The van der Waals surface area contributed by atoms with Crippen LogP contribution >= 0.6 is 0 Å². The molecule has 16 heavy (non-hydrogen) atoms. The highest BCUT2D eigenvalue weighted by atomic mass is 16.4. The van der Waals surface area contributed by atoms with E-state index in [4.69, 9.17) is 4.42 Å². The van der Waals surface area contributed by atoms with Gasteiger partial charge in [0.25, 0.3) is 0 Å². The van der Waals surface area contributed by atoms with Gasteiger partial charge >= 0.3 is 0 Å². The molecule has 0 bridgehead atoms. The lowest BCUT2D eigenvalue weighted by Crippen LogP contribution is -2.34. The fraction of sp³-hybridized carbons (Fsp3) is 0.583. The molecule has 1 amide bonds. The number of anilines is 1. The second-order valence-electron chi connectivity index (χ2n) is 4.31. The molecule has 4 heteroatoms. The van der Waals surface area contributed by atoms with Gasteiger partial charge in [0.05, 0.1) is 5.92 Å². The van der Waals surface area contributed by atoms with Gasteiger partial charge < -0.3 is 9.73 Å². The number of aryl methyl sites for hydroxylation is 1. The summed E-state index contributed by atoms with van der Waals surface area (Å²) >= 11 is 0. The summed E-state index contributed by atoms with van der Waals surface area (Å²) in [6.45, 7) is 6.59. The van der Waals surface area contributed by atoms with Gasteiger partial charge in [-0.2, -0.15) is 0 Å². The monoisotopic (exact) mass is 224 g/mol. The number of hydrogen-bond acceptors (Lipinski definition) is 3. The Morgan fingerprint density at radius 2 is 2.12 bits per heavy atom. The van der Waals surface area contributed by atoms with E-state index in [-0.39, 0.29) is 11.8 Å². The van der Waals surface area contributed by atoms with Crippen LogP contribution in [0.4, 0.5) is 5.88 Å². The highest BCUT2D eigenvalue weighted by Gasteiger charge is 2.22. The molecule has 0 fully saturated rings. The van der Waals surface area contributed by atoms with Crippen molar-refractivity contribution in [2.75, 3.05) is 18.9 Å². The van der Waals surface area contributed by atoms with E-state index in [1.54, 1.807) is 6.07 Å². The van der Waals surface area contributed by atoms with Gasteiger partial charge in [-0.3, -0.25) is 10.1 Å². The van der Waals surface area contributed by atoms with Crippen LogP contribution in [-0.2, 0) is 4.79 Å². The summed E-state index contributed by atoms with van der Waals surface area (Å²) in [7, 11) is 1.85. The second kappa shape index (κ2) is 5.70. The van der Waals surface area contributed by atoms with E-state index in [1.165, 1.54) is 0 Å². The van der Waals surface area contributed by atoms with E-state index in [9.17, 15) is 4.79 Å². The highest BCUT2D eigenvalue weighted by Crippen LogP contribution is 2.16. The van der Waals surface area contributed by atoms with Crippen molar-refractivity contribution in [2.24, 2.45) is 11.8 Å². The lowest BCUT2D eigenvalue weighted by Gasteiger charge is -2.18. The van der Waals surface area contributed by atoms with Gasteiger partial charge in [-0.15, -0.1) is 0 Å². The predicted molar refractivity (Wildman–Crippen MR) is 64.3 cm³/mol. The Hall–Kier alpha value is -1.29. The van der Waals surface area contributed by atoms with E-state index in [0.29, 0.717) is 18.3 Å². The van der Waals surface area contributed by atoms with Crippen LogP contribution in [0, 0.1) is 18.8 Å². The van der Waals surface area contributed by atoms with Gasteiger partial charge in [-0.25, -0.2) is 0 Å². The minimum Gasteiger partial charge on any atom is -0.446 e. The average molecular weight is 224 g/mol. The van der Waals surface area contributed by atoms with Gasteiger partial charge in [0.1, 0.15) is 5.76 Å². The van der Waals surface area contributed by atoms with Crippen molar-refractivity contribution in [3.63, 3.8) is 0 Å². The molecular formula is C12H20N2O2. The van der Waals surface area contributed by atoms with Crippen molar-refractivity contribution >= 4 is 11.8 Å². The smallest absolute Gasteiger partial charge is 0.231 e. The molecule has 1 unspecified atom stereocenters. The Balaban J connectivity index is 2.61. The molecule has 0 aliphatic carbocycles. The number of hydrogen-bond donors (Lipinski definition) is 2. The largest absolute Gasteiger partial charge is 0.446 e. The Bertz CT molecular complexity index is 345. The first-order valence-corrected chi connectivity index (χ1v) is 5.56. The first kappa shape index (κ1) is 12.8. The van der Waals surface area contributed by atoms with Gasteiger partial charge in [-0.05, 0) is 26.0 Å². The molecule has 0 saturated carbocycles. The van der Waals surface area contributed by atoms with Crippen LogP contribution in [0.2, 0.25) is 0 Å². The maximum atomic E-state index is 11.9. The van der Waals surface area contributed by atoms with E-state index < -0.39 is 0 Å². The zero-order valence-electron chi connectivity index (χ0n) is 10.3. The fourth-order valence-corrected chi connectivity index (χ4v) is 1.57. The maximum absolute atomic E-state index is 11.9. The molecule has 1 atom stereocenters. The second-order valence-corrected chi connectivity index (χ2v) is 4.31. The Kier molecular flexibility index (Phi) is 4.55. The molecular weight excluding hydrogens is 204 g/mol. The fourth-order valence-electron chi connectivity index (χ4n) is 1.57. The maximum Gasteiger partial charge on any atom is 0.231 e. The number of carbonyl (C=O) groups excluding carboxylic acids is 1. The summed E-state index contributed by atoms with van der Waals surface area (Å²) < 4.78 is 5.31. The lowest BCUT2D eigenvalue weighted by atomic mass is 9.95. The van der Waals surface area contributed by atoms with Crippen LogP contribution in [0.3, 0.4) is 0 Å². The number of amides is 1.